The van der Waals surface area contributed by atoms with Crippen LogP contribution in [0, 0.1) is 5.82 Å². The second-order valence-electron chi connectivity index (χ2n) is 4.94. The highest BCUT2D eigenvalue weighted by atomic mass is 79.9. The molecule has 21 heavy (non-hydrogen) atoms. The smallest absolute Gasteiger partial charge is 0.253 e. The van der Waals surface area contributed by atoms with E-state index in [0.29, 0.717) is 20.9 Å². The maximum atomic E-state index is 13.4. The molecule has 0 radical (unpaired) electrons. The largest absolute Gasteiger partial charge is 0.351 e. The number of thiocarbonyl (C=S) groups is 1. The second-order valence-corrected chi connectivity index (χ2v) is 6.21. The highest BCUT2D eigenvalue weighted by molar-refractivity contribution is 9.10. The summed E-state index contributed by atoms with van der Waals surface area (Å²) < 4.78 is 13.8. The van der Waals surface area contributed by atoms with Gasteiger partial charge in [-0.15, -0.1) is 0 Å². The predicted octanol–water partition coefficient (Wildman–Crippen LogP) is 2.47. The number of rotatable bonds is 2. The Labute approximate surface area is 136 Å². The molecular formula is C14H15BrFN3OS. The van der Waals surface area contributed by atoms with Crippen LogP contribution in [0.2, 0.25) is 0 Å². The number of benzene rings is 1. The van der Waals surface area contributed by atoms with Gasteiger partial charge >= 0.3 is 0 Å². The molecule has 1 aliphatic heterocycles. The topological polar surface area (TPSA) is 44.4 Å². The molecule has 1 aliphatic rings. The Kier molecular flexibility index (Phi) is 4.63. The zero-order valence-corrected chi connectivity index (χ0v) is 14.2. The molecule has 0 saturated carbocycles. The van der Waals surface area contributed by atoms with Crippen molar-refractivity contribution >= 4 is 39.2 Å². The number of amides is 1. The number of carbonyl (C=O) groups is 1. The van der Waals surface area contributed by atoms with Crippen LogP contribution in [0.5, 0.6) is 0 Å². The van der Waals surface area contributed by atoms with Gasteiger partial charge in [-0.2, -0.15) is 0 Å². The molecule has 1 amide bonds. The molecule has 7 heteroatoms. The van der Waals surface area contributed by atoms with E-state index in [1.165, 1.54) is 11.0 Å². The van der Waals surface area contributed by atoms with Gasteiger partial charge in [-0.3, -0.25) is 4.79 Å². The van der Waals surface area contributed by atoms with E-state index in [-0.39, 0.29) is 11.7 Å². The number of hydrogen-bond acceptors (Lipinski definition) is 2. The first-order valence-electron chi connectivity index (χ1n) is 6.26. The normalized spacial score (nSPS) is 18.1. The van der Waals surface area contributed by atoms with Crippen LogP contribution in [0.4, 0.5) is 4.39 Å². The van der Waals surface area contributed by atoms with Gasteiger partial charge in [-0.1, -0.05) is 6.07 Å². The molecular weight excluding hydrogens is 357 g/mol. The van der Waals surface area contributed by atoms with Crippen molar-refractivity contribution in [2.24, 2.45) is 0 Å². The fourth-order valence-electron chi connectivity index (χ4n) is 2.16. The van der Waals surface area contributed by atoms with E-state index in [9.17, 15) is 9.18 Å². The monoisotopic (exact) mass is 371 g/mol. The molecule has 4 nitrogen and oxygen atoms in total. The summed E-state index contributed by atoms with van der Waals surface area (Å²) in [5, 5.41) is 6.46. The lowest BCUT2D eigenvalue weighted by molar-refractivity contribution is -0.125. The molecule has 2 N–H and O–H groups in total. The summed E-state index contributed by atoms with van der Waals surface area (Å²) in [6.07, 6.45) is 0. The first-order valence-corrected chi connectivity index (χ1v) is 7.46. The minimum atomic E-state index is -0.412. The number of carbonyl (C=O) groups excluding carboxylic acids is 1. The first kappa shape index (κ1) is 15.9. The summed E-state index contributed by atoms with van der Waals surface area (Å²) in [5.74, 6) is -0.475. The van der Waals surface area contributed by atoms with Crippen LogP contribution in [0.15, 0.2) is 33.9 Å². The maximum Gasteiger partial charge on any atom is 0.253 e. The average Bonchev–Trinajstić information content (AvgIpc) is 2.40. The van der Waals surface area contributed by atoms with Gasteiger partial charge in [0, 0.05) is 19.8 Å². The zero-order valence-electron chi connectivity index (χ0n) is 11.8. The Hall–Kier alpha value is -1.47. The summed E-state index contributed by atoms with van der Waals surface area (Å²) in [6.45, 7) is 1.80. The van der Waals surface area contributed by atoms with Crippen LogP contribution >= 0.6 is 28.1 Å². The Morgan fingerprint density at radius 2 is 2.10 bits per heavy atom. The highest BCUT2D eigenvalue weighted by Gasteiger charge is 2.30. The first-order chi connectivity index (χ1) is 9.81. The second kappa shape index (κ2) is 6.11. The van der Waals surface area contributed by atoms with Crippen molar-refractivity contribution < 1.29 is 9.18 Å². The van der Waals surface area contributed by atoms with Gasteiger partial charge < -0.3 is 15.5 Å². The molecule has 0 spiro atoms. The standard InChI is InChI=1S/C14H15BrFN3OS/c1-7-11(13(20)19(2)3)12(18-14(21)17-7)8-4-5-10(16)9(15)6-8/h4-6,12H,1-3H3,(H2,17,18,21)/t12-/m0/s1. The van der Waals surface area contributed by atoms with Crippen molar-refractivity contribution in [3.8, 4) is 0 Å². The molecule has 1 heterocycles. The molecule has 0 aromatic heterocycles. The summed E-state index contributed by atoms with van der Waals surface area (Å²) in [7, 11) is 3.38. The lowest BCUT2D eigenvalue weighted by atomic mass is 9.94. The molecule has 0 saturated heterocycles. The summed E-state index contributed by atoms with van der Waals surface area (Å²) >= 11 is 8.32. The molecule has 0 bridgehead atoms. The minimum absolute atomic E-state index is 0.125. The van der Waals surface area contributed by atoms with E-state index in [0.717, 1.165) is 5.56 Å². The van der Waals surface area contributed by atoms with Gasteiger partial charge in [0.25, 0.3) is 5.91 Å². The van der Waals surface area contributed by atoms with Crippen LogP contribution in [-0.4, -0.2) is 30.0 Å². The molecule has 112 valence electrons. The lowest BCUT2D eigenvalue weighted by Gasteiger charge is -2.31. The van der Waals surface area contributed by atoms with Crippen molar-refractivity contribution in [1.29, 1.82) is 0 Å². The van der Waals surface area contributed by atoms with Gasteiger partial charge in [0.15, 0.2) is 5.11 Å². The van der Waals surface area contributed by atoms with Gasteiger partial charge in [-0.25, -0.2) is 4.39 Å². The zero-order chi connectivity index (χ0) is 15.7. The van der Waals surface area contributed by atoms with Crippen LogP contribution in [-0.2, 0) is 4.79 Å². The number of allylic oxidation sites excluding steroid dienone is 1. The van der Waals surface area contributed by atoms with E-state index in [4.69, 9.17) is 12.2 Å². The molecule has 0 unspecified atom stereocenters. The Bertz CT molecular complexity index is 645. The number of nitrogens with one attached hydrogen (secondary N) is 2. The van der Waals surface area contributed by atoms with Crippen molar-refractivity contribution in [2.45, 2.75) is 13.0 Å². The predicted molar refractivity (Wildman–Crippen MR) is 87.1 cm³/mol. The number of halogens is 2. The van der Waals surface area contributed by atoms with E-state index < -0.39 is 6.04 Å². The molecule has 0 fully saturated rings. The summed E-state index contributed by atoms with van der Waals surface area (Å²) in [6, 6.07) is 4.24. The SMILES string of the molecule is CC1=C(C(=O)N(C)C)[C@H](c2ccc(F)c(Br)c2)NC(=S)N1. The summed E-state index contributed by atoms with van der Waals surface area (Å²) in [5.41, 5.74) is 2.02. The fraction of sp³-hybridized carbons (Fsp3) is 0.286. The fourth-order valence-corrected chi connectivity index (χ4v) is 2.83. The molecule has 1 aromatic rings. The number of hydrogen-bond donors (Lipinski definition) is 2. The maximum absolute atomic E-state index is 13.4. The van der Waals surface area contributed by atoms with Crippen molar-refractivity contribution in [1.82, 2.24) is 15.5 Å². The number of nitrogens with zero attached hydrogens (tertiary/aromatic N) is 1. The Morgan fingerprint density at radius 1 is 1.43 bits per heavy atom. The van der Waals surface area contributed by atoms with Gasteiger partial charge in [0.1, 0.15) is 5.82 Å². The minimum Gasteiger partial charge on any atom is -0.351 e. The molecule has 1 atom stereocenters. The third-order valence-corrected chi connectivity index (χ3v) is 4.01. The van der Waals surface area contributed by atoms with Crippen LogP contribution in [0.1, 0.15) is 18.5 Å². The Balaban J connectivity index is 2.52. The van der Waals surface area contributed by atoms with Crippen LogP contribution in [0.3, 0.4) is 0 Å². The van der Waals surface area contributed by atoms with E-state index in [2.05, 4.69) is 26.6 Å². The average molecular weight is 372 g/mol. The quantitative estimate of drug-likeness (QED) is 0.783. The van der Waals surface area contributed by atoms with Gasteiger partial charge in [-0.05, 0) is 52.8 Å². The Morgan fingerprint density at radius 3 is 2.67 bits per heavy atom. The van der Waals surface area contributed by atoms with E-state index in [1.54, 1.807) is 33.2 Å². The highest BCUT2D eigenvalue weighted by Crippen LogP contribution is 2.30. The van der Waals surface area contributed by atoms with E-state index in [1.807, 2.05) is 0 Å². The van der Waals surface area contributed by atoms with Gasteiger partial charge in [0.05, 0.1) is 16.1 Å². The third-order valence-electron chi connectivity index (χ3n) is 3.18. The molecule has 0 aliphatic carbocycles. The molecule has 2 rings (SSSR count). The van der Waals surface area contributed by atoms with Crippen LogP contribution in [0.25, 0.3) is 0 Å². The van der Waals surface area contributed by atoms with Crippen molar-refractivity contribution in [3.05, 3.63) is 45.3 Å². The number of likely N-dealkylation sites (N-methyl/N-ethyl adjacent to an activating group) is 1. The lowest BCUT2D eigenvalue weighted by Crippen LogP contribution is -2.46. The molecule has 1 aromatic carbocycles. The van der Waals surface area contributed by atoms with E-state index >= 15 is 0 Å². The summed E-state index contributed by atoms with van der Waals surface area (Å²) in [4.78, 5) is 13.9. The van der Waals surface area contributed by atoms with Crippen molar-refractivity contribution in [2.75, 3.05) is 14.1 Å². The third kappa shape index (κ3) is 3.24. The van der Waals surface area contributed by atoms with Crippen molar-refractivity contribution in [3.63, 3.8) is 0 Å². The van der Waals surface area contributed by atoms with Crippen LogP contribution < -0.4 is 10.6 Å². The van der Waals surface area contributed by atoms with Gasteiger partial charge in [0.2, 0.25) is 0 Å².